The molecule has 4 nitrogen and oxygen atoms in total. The van der Waals surface area contributed by atoms with Crippen LogP contribution in [0.5, 0.6) is 0 Å². The van der Waals surface area contributed by atoms with Gasteiger partial charge in [0.25, 0.3) is 0 Å². The van der Waals surface area contributed by atoms with Crippen molar-refractivity contribution < 1.29 is 4.79 Å². The number of carbonyl (C=O) groups excluding carboxylic acids is 1. The summed E-state index contributed by atoms with van der Waals surface area (Å²) in [6, 6.07) is 1.19. The van der Waals surface area contributed by atoms with E-state index in [1.807, 2.05) is 0 Å². The summed E-state index contributed by atoms with van der Waals surface area (Å²) in [5.74, 6) is 0.651. The molecule has 1 rings (SSSR count). The topological polar surface area (TPSA) is 44.4 Å². The van der Waals surface area contributed by atoms with Gasteiger partial charge in [-0.15, -0.1) is 0 Å². The number of hydrogen-bond acceptors (Lipinski definition) is 3. The first-order valence-electron chi connectivity index (χ1n) is 8.22. The highest BCUT2D eigenvalue weighted by atomic mass is 16.2. The first-order valence-corrected chi connectivity index (χ1v) is 8.22. The van der Waals surface area contributed by atoms with E-state index in [0.717, 1.165) is 13.1 Å². The Morgan fingerprint density at radius 2 is 1.95 bits per heavy atom. The summed E-state index contributed by atoms with van der Waals surface area (Å²) >= 11 is 0. The summed E-state index contributed by atoms with van der Waals surface area (Å²) in [7, 11) is 0. The summed E-state index contributed by atoms with van der Waals surface area (Å²) in [4.78, 5) is 14.5. The minimum absolute atomic E-state index is 0.168. The van der Waals surface area contributed by atoms with Crippen LogP contribution in [-0.2, 0) is 4.79 Å². The second-order valence-corrected chi connectivity index (χ2v) is 6.48. The lowest BCUT2D eigenvalue weighted by Crippen LogP contribution is -2.54. The third-order valence-corrected chi connectivity index (χ3v) is 4.50. The number of nitrogens with one attached hydrogen (secondary N) is 2. The lowest BCUT2D eigenvalue weighted by Gasteiger charge is -2.39. The van der Waals surface area contributed by atoms with Crippen LogP contribution in [0.2, 0.25) is 0 Å². The Labute approximate surface area is 124 Å². The van der Waals surface area contributed by atoms with Crippen LogP contribution < -0.4 is 10.6 Å². The van der Waals surface area contributed by atoms with Crippen molar-refractivity contribution in [3.8, 4) is 0 Å². The van der Waals surface area contributed by atoms with Crippen LogP contribution in [-0.4, -0.2) is 48.6 Å². The lowest BCUT2D eigenvalue weighted by molar-refractivity contribution is -0.124. The van der Waals surface area contributed by atoms with Crippen molar-refractivity contribution in [1.82, 2.24) is 15.5 Å². The molecule has 1 amide bonds. The minimum Gasteiger partial charge on any atom is -0.352 e. The number of likely N-dealkylation sites (tertiary alicyclic amines) is 1. The summed E-state index contributed by atoms with van der Waals surface area (Å²) in [5.41, 5.74) is 0. The van der Waals surface area contributed by atoms with Crippen molar-refractivity contribution in [3.63, 3.8) is 0 Å². The van der Waals surface area contributed by atoms with Crippen molar-refractivity contribution in [2.24, 2.45) is 5.92 Å². The quantitative estimate of drug-likeness (QED) is 0.751. The zero-order chi connectivity index (χ0) is 15.1. The normalized spacial score (nSPS) is 23.6. The summed E-state index contributed by atoms with van der Waals surface area (Å²) < 4.78 is 0. The molecule has 118 valence electrons. The maximum absolute atomic E-state index is 12.2. The smallest absolute Gasteiger partial charge is 0.234 e. The van der Waals surface area contributed by atoms with Crippen molar-refractivity contribution in [1.29, 1.82) is 0 Å². The fourth-order valence-electron chi connectivity index (χ4n) is 2.89. The van der Waals surface area contributed by atoms with Gasteiger partial charge in [0.1, 0.15) is 0 Å². The Balaban J connectivity index is 2.51. The monoisotopic (exact) mass is 283 g/mol. The average molecular weight is 283 g/mol. The van der Waals surface area contributed by atoms with E-state index in [4.69, 9.17) is 0 Å². The van der Waals surface area contributed by atoms with E-state index in [2.05, 4.69) is 50.2 Å². The summed E-state index contributed by atoms with van der Waals surface area (Å²) in [6.45, 7) is 13.3. The molecule has 1 heterocycles. The first kappa shape index (κ1) is 17.4. The molecule has 0 saturated carbocycles. The van der Waals surface area contributed by atoms with Gasteiger partial charge in [0, 0.05) is 18.1 Å². The number of hydrogen-bond donors (Lipinski definition) is 2. The Hall–Kier alpha value is -0.610. The molecule has 0 radical (unpaired) electrons. The molecule has 3 unspecified atom stereocenters. The van der Waals surface area contributed by atoms with Gasteiger partial charge in [0.05, 0.1) is 6.54 Å². The standard InChI is InChI=1S/C16H33N3O/c1-6-17-14(5)15-9-7-8-10-19(15)11-16(20)18-13(4)12(2)3/h12-15,17H,6-11H2,1-5H3,(H,18,20). The van der Waals surface area contributed by atoms with Crippen molar-refractivity contribution in [3.05, 3.63) is 0 Å². The molecule has 4 heteroatoms. The molecule has 1 fully saturated rings. The van der Waals surface area contributed by atoms with Gasteiger partial charge in [-0.25, -0.2) is 0 Å². The number of nitrogens with zero attached hydrogens (tertiary/aromatic N) is 1. The molecule has 1 saturated heterocycles. The number of piperidine rings is 1. The lowest BCUT2D eigenvalue weighted by atomic mass is 9.96. The van der Waals surface area contributed by atoms with Gasteiger partial charge in [-0.2, -0.15) is 0 Å². The first-order chi connectivity index (χ1) is 9.45. The van der Waals surface area contributed by atoms with E-state index in [0.29, 0.717) is 24.5 Å². The van der Waals surface area contributed by atoms with Crippen LogP contribution in [0.3, 0.4) is 0 Å². The molecule has 2 N–H and O–H groups in total. The van der Waals surface area contributed by atoms with Crippen LogP contribution in [0.1, 0.15) is 53.9 Å². The molecule has 1 aliphatic heterocycles. The maximum atomic E-state index is 12.2. The highest BCUT2D eigenvalue weighted by Crippen LogP contribution is 2.19. The van der Waals surface area contributed by atoms with Gasteiger partial charge in [0.15, 0.2) is 0 Å². The van der Waals surface area contributed by atoms with Crippen molar-refractivity contribution >= 4 is 5.91 Å². The van der Waals surface area contributed by atoms with E-state index >= 15 is 0 Å². The number of likely N-dealkylation sites (N-methyl/N-ethyl adjacent to an activating group) is 1. The van der Waals surface area contributed by atoms with E-state index < -0.39 is 0 Å². The van der Waals surface area contributed by atoms with Crippen molar-refractivity contribution in [2.45, 2.75) is 72.0 Å². The number of rotatable bonds is 7. The van der Waals surface area contributed by atoms with E-state index in [1.165, 1.54) is 19.3 Å². The van der Waals surface area contributed by atoms with Crippen LogP contribution in [0, 0.1) is 5.92 Å². The highest BCUT2D eigenvalue weighted by Gasteiger charge is 2.28. The van der Waals surface area contributed by atoms with Crippen LogP contribution in [0.25, 0.3) is 0 Å². The van der Waals surface area contributed by atoms with E-state index in [-0.39, 0.29) is 11.9 Å². The van der Waals surface area contributed by atoms with Gasteiger partial charge in [0.2, 0.25) is 5.91 Å². The maximum Gasteiger partial charge on any atom is 0.234 e. The molecule has 20 heavy (non-hydrogen) atoms. The molecule has 0 aliphatic carbocycles. The van der Waals surface area contributed by atoms with E-state index in [1.54, 1.807) is 0 Å². The highest BCUT2D eigenvalue weighted by molar-refractivity contribution is 5.78. The third-order valence-electron chi connectivity index (χ3n) is 4.50. The fourth-order valence-corrected chi connectivity index (χ4v) is 2.89. The fraction of sp³-hybridized carbons (Fsp3) is 0.938. The molecule has 0 spiro atoms. The molecule has 0 aromatic rings. The van der Waals surface area contributed by atoms with Gasteiger partial charge in [-0.1, -0.05) is 27.2 Å². The number of carbonyl (C=O) groups is 1. The zero-order valence-electron chi connectivity index (χ0n) is 13.9. The Kier molecular flexibility index (Phi) is 7.52. The van der Waals surface area contributed by atoms with Gasteiger partial charge in [-0.05, 0) is 45.7 Å². The Morgan fingerprint density at radius 3 is 2.55 bits per heavy atom. The van der Waals surface area contributed by atoms with Crippen LogP contribution in [0.15, 0.2) is 0 Å². The SMILES string of the molecule is CCNC(C)C1CCCCN1CC(=O)NC(C)C(C)C. The molecular weight excluding hydrogens is 250 g/mol. The minimum atomic E-state index is 0.168. The predicted molar refractivity (Wildman–Crippen MR) is 84.8 cm³/mol. The summed E-state index contributed by atoms with van der Waals surface area (Å²) in [5, 5.41) is 6.62. The van der Waals surface area contributed by atoms with E-state index in [9.17, 15) is 4.79 Å². The molecule has 0 aromatic heterocycles. The van der Waals surface area contributed by atoms with Crippen LogP contribution in [0.4, 0.5) is 0 Å². The second-order valence-electron chi connectivity index (χ2n) is 6.48. The average Bonchev–Trinajstić information content (AvgIpc) is 2.39. The zero-order valence-corrected chi connectivity index (χ0v) is 13.9. The second kappa shape index (κ2) is 8.63. The van der Waals surface area contributed by atoms with Gasteiger partial charge in [-0.3, -0.25) is 9.69 Å². The van der Waals surface area contributed by atoms with Crippen molar-refractivity contribution in [2.75, 3.05) is 19.6 Å². The van der Waals surface area contributed by atoms with Gasteiger partial charge >= 0.3 is 0 Å². The molecule has 1 aliphatic rings. The molecular formula is C16H33N3O. The largest absolute Gasteiger partial charge is 0.352 e. The Morgan fingerprint density at radius 1 is 1.25 bits per heavy atom. The summed E-state index contributed by atoms with van der Waals surface area (Å²) in [6.07, 6.45) is 3.68. The molecule has 0 aromatic carbocycles. The van der Waals surface area contributed by atoms with Gasteiger partial charge < -0.3 is 10.6 Å². The predicted octanol–water partition coefficient (Wildman–Crippen LogP) is 2.00. The third kappa shape index (κ3) is 5.41. The molecule has 3 atom stereocenters. The van der Waals surface area contributed by atoms with Crippen LogP contribution >= 0.6 is 0 Å². The number of amides is 1. The Bertz CT molecular complexity index is 293. The molecule has 0 bridgehead atoms.